The maximum absolute atomic E-state index is 6.52. The van der Waals surface area contributed by atoms with Crippen LogP contribution >= 0.6 is 0 Å². The second-order valence-corrected chi connectivity index (χ2v) is 12.6. The van der Waals surface area contributed by atoms with Crippen molar-refractivity contribution in [2.75, 3.05) is 19.8 Å². The minimum Gasteiger partial charge on any atom is -0.378 e. The van der Waals surface area contributed by atoms with E-state index in [-0.39, 0.29) is 18.3 Å². The Morgan fingerprint density at radius 2 is 1.64 bits per heavy atom. The number of allylic oxidation sites excluding steroid dienone is 1. The van der Waals surface area contributed by atoms with E-state index in [0.717, 1.165) is 56.5 Å². The van der Waals surface area contributed by atoms with Gasteiger partial charge in [0.25, 0.3) is 0 Å². The number of hydrogen-bond acceptors (Lipinski definition) is 4. The Morgan fingerprint density at radius 3 is 2.27 bits per heavy atom. The van der Waals surface area contributed by atoms with Crippen molar-refractivity contribution in [1.82, 2.24) is 0 Å². The summed E-state index contributed by atoms with van der Waals surface area (Å²) in [7, 11) is 0. The van der Waals surface area contributed by atoms with Gasteiger partial charge >= 0.3 is 0 Å². The molecule has 4 bridgehead atoms. The van der Waals surface area contributed by atoms with E-state index in [1.165, 1.54) is 38.5 Å². The van der Waals surface area contributed by atoms with Crippen LogP contribution in [0.3, 0.4) is 0 Å². The fourth-order valence-corrected chi connectivity index (χ4v) is 8.07. The van der Waals surface area contributed by atoms with E-state index in [4.69, 9.17) is 18.9 Å². The van der Waals surface area contributed by atoms with Crippen LogP contribution in [0.1, 0.15) is 91.4 Å². The van der Waals surface area contributed by atoms with Crippen molar-refractivity contribution in [2.24, 2.45) is 29.1 Å². The summed E-state index contributed by atoms with van der Waals surface area (Å²) in [5, 5.41) is 0. The van der Waals surface area contributed by atoms with Crippen LogP contribution in [0, 0.1) is 29.1 Å². The second kappa shape index (κ2) is 10.7. The maximum Gasteiger partial charge on any atom is 0.0838 e. The molecule has 33 heavy (non-hydrogen) atoms. The minimum atomic E-state index is 0.135. The average molecular weight is 461 g/mol. The van der Waals surface area contributed by atoms with Crippen LogP contribution in [0.15, 0.2) is 12.2 Å². The Kier molecular flexibility index (Phi) is 7.86. The number of rotatable bonds is 10. The highest BCUT2D eigenvalue weighted by Crippen LogP contribution is 2.61. The topological polar surface area (TPSA) is 36.9 Å². The predicted octanol–water partition coefficient (Wildman–Crippen LogP) is 6.32. The summed E-state index contributed by atoms with van der Waals surface area (Å²) >= 11 is 0. The first kappa shape index (κ1) is 24.3. The first-order valence-electron chi connectivity index (χ1n) is 14.1. The monoisotopic (exact) mass is 460 g/mol. The molecule has 1 aliphatic heterocycles. The quantitative estimate of drug-likeness (QED) is 0.357. The number of ether oxygens (including phenoxy) is 4. The van der Waals surface area contributed by atoms with Crippen LogP contribution in [-0.4, -0.2) is 50.3 Å². The molecular weight excluding hydrogens is 412 g/mol. The lowest BCUT2D eigenvalue weighted by Gasteiger charge is -2.58. The molecule has 4 unspecified atom stereocenters. The molecule has 5 fully saturated rings. The van der Waals surface area contributed by atoms with Crippen LogP contribution in [0.5, 0.6) is 0 Å². The Balaban J connectivity index is 1.06. The third kappa shape index (κ3) is 5.88. The van der Waals surface area contributed by atoms with Crippen LogP contribution < -0.4 is 0 Å². The fraction of sp³-hybridized carbons (Fsp3) is 0.931. The van der Waals surface area contributed by atoms with E-state index in [9.17, 15) is 0 Å². The molecule has 0 radical (unpaired) electrons. The van der Waals surface area contributed by atoms with Gasteiger partial charge in [-0.2, -0.15) is 0 Å². The molecule has 6 aliphatic rings. The second-order valence-electron chi connectivity index (χ2n) is 12.6. The lowest BCUT2D eigenvalue weighted by Crippen LogP contribution is -2.51. The zero-order chi connectivity index (χ0) is 22.8. The molecule has 6 rings (SSSR count). The summed E-state index contributed by atoms with van der Waals surface area (Å²) in [5.74, 6) is 3.45. The fourth-order valence-electron chi connectivity index (χ4n) is 8.07. The van der Waals surface area contributed by atoms with Gasteiger partial charge in [0, 0.05) is 13.0 Å². The summed E-state index contributed by atoms with van der Waals surface area (Å²) < 4.78 is 25.5. The van der Waals surface area contributed by atoms with Crippen molar-refractivity contribution in [2.45, 2.75) is 122 Å². The van der Waals surface area contributed by atoms with Crippen molar-refractivity contribution >= 4 is 0 Å². The molecule has 4 saturated carbocycles. The van der Waals surface area contributed by atoms with Gasteiger partial charge in [-0.15, -0.1) is 0 Å². The molecule has 1 heterocycles. The Hall–Kier alpha value is -0.420. The molecule has 0 aromatic rings. The third-order valence-corrected chi connectivity index (χ3v) is 9.58. The van der Waals surface area contributed by atoms with Crippen LogP contribution in [0.4, 0.5) is 0 Å². The Labute approximate surface area is 202 Å². The van der Waals surface area contributed by atoms with Gasteiger partial charge in [0.1, 0.15) is 0 Å². The summed E-state index contributed by atoms with van der Waals surface area (Å²) in [6.07, 6.45) is 19.8. The van der Waals surface area contributed by atoms with E-state index >= 15 is 0 Å². The maximum atomic E-state index is 6.52. The zero-order valence-electron chi connectivity index (χ0n) is 21.4. The van der Waals surface area contributed by atoms with Crippen LogP contribution in [0.25, 0.3) is 0 Å². The molecule has 5 atom stereocenters. The normalized spacial score (nSPS) is 42.1. The van der Waals surface area contributed by atoms with Crippen molar-refractivity contribution in [3.8, 4) is 0 Å². The largest absolute Gasteiger partial charge is 0.378 e. The summed E-state index contributed by atoms with van der Waals surface area (Å²) in [5.41, 5.74) is 0.470. The van der Waals surface area contributed by atoms with Gasteiger partial charge in [0.05, 0.1) is 43.7 Å². The van der Waals surface area contributed by atoms with Crippen molar-refractivity contribution in [3.63, 3.8) is 0 Å². The standard InChI is InChI=1S/C29H48O4/c1-20(2)28(33-25-7-5-4-6-8-25)14-27-19-30-18-26(32-27)9-10-31-21(3)29-15-22-11-23(16-29)13-24(12-22)17-29/h4-5,20-28H,6-19H2,1-3H3/t21-,22?,23?,24?,25?,26?,27?,28?,29?/m0/s1. The van der Waals surface area contributed by atoms with Gasteiger partial charge in [-0.1, -0.05) is 26.0 Å². The molecular formula is C29H48O4. The first-order valence-corrected chi connectivity index (χ1v) is 14.1. The molecule has 0 amide bonds. The van der Waals surface area contributed by atoms with Crippen LogP contribution in [0.2, 0.25) is 0 Å². The smallest absolute Gasteiger partial charge is 0.0838 e. The average Bonchev–Trinajstić information content (AvgIpc) is 2.78. The van der Waals surface area contributed by atoms with E-state index in [2.05, 4.69) is 32.9 Å². The van der Waals surface area contributed by atoms with Gasteiger partial charge < -0.3 is 18.9 Å². The molecule has 5 aliphatic carbocycles. The molecule has 4 nitrogen and oxygen atoms in total. The lowest BCUT2D eigenvalue weighted by atomic mass is 9.48. The molecule has 1 saturated heterocycles. The van der Waals surface area contributed by atoms with Gasteiger partial charge in [-0.05, 0) is 100 Å². The highest BCUT2D eigenvalue weighted by atomic mass is 16.6. The predicted molar refractivity (Wildman–Crippen MR) is 131 cm³/mol. The highest BCUT2D eigenvalue weighted by Gasteiger charge is 2.53. The van der Waals surface area contributed by atoms with Crippen molar-refractivity contribution < 1.29 is 18.9 Å². The van der Waals surface area contributed by atoms with Crippen molar-refractivity contribution in [3.05, 3.63) is 12.2 Å². The molecule has 0 aromatic heterocycles. The summed E-state index contributed by atoms with van der Waals surface area (Å²) in [4.78, 5) is 0. The van der Waals surface area contributed by atoms with Gasteiger partial charge in [-0.25, -0.2) is 0 Å². The third-order valence-electron chi connectivity index (χ3n) is 9.58. The zero-order valence-corrected chi connectivity index (χ0v) is 21.4. The van der Waals surface area contributed by atoms with Gasteiger partial charge in [0.2, 0.25) is 0 Å². The number of hydrogen-bond donors (Lipinski definition) is 0. The summed E-state index contributed by atoms with van der Waals surface area (Å²) in [6, 6.07) is 0. The van der Waals surface area contributed by atoms with E-state index < -0.39 is 0 Å². The van der Waals surface area contributed by atoms with E-state index in [1.54, 1.807) is 0 Å². The molecule has 4 heteroatoms. The van der Waals surface area contributed by atoms with Crippen molar-refractivity contribution in [1.29, 1.82) is 0 Å². The van der Waals surface area contributed by atoms with Gasteiger partial charge in [0.15, 0.2) is 0 Å². The Morgan fingerprint density at radius 1 is 0.939 bits per heavy atom. The minimum absolute atomic E-state index is 0.135. The molecule has 0 spiro atoms. The first-order chi connectivity index (χ1) is 16.0. The summed E-state index contributed by atoms with van der Waals surface area (Å²) in [6.45, 7) is 9.08. The molecule has 0 N–H and O–H groups in total. The van der Waals surface area contributed by atoms with Crippen LogP contribution in [-0.2, 0) is 18.9 Å². The van der Waals surface area contributed by atoms with E-state index in [0.29, 0.717) is 36.8 Å². The highest BCUT2D eigenvalue weighted by molar-refractivity contribution is 5.03. The molecule has 188 valence electrons. The SMILES string of the molecule is CC(C)C(CC1COCC(CCO[C@@H](C)C23CC4CC(CC(C4)C2)C3)O1)OC1CC=CCC1. The Bertz CT molecular complexity index is 623. The van der Waals surface area contributed by atoms with Gasteiger partial charge in [-0.3, -0.25) is 0 Å². The van der Waals surface area contributed by atoms with E-state index in [1.807, 2.05) is 0 Å². The lowest BCUT2D eigenvalue weighted by molar-refractivity contribution is -0.172. The molecule has 0 aromatic carbocycles.